The highest BCUT2D eigenvalue weighted by Gasteiger charge is 2.29. The number of nitrogens with zero attached hydrogens (tertiary/aromatic N) is 1. The number of carbonyl (C=O) groups excluding carboxylic acids is 1. The van der Waals surface area contributed by atoms with Gasteiger partial charge in [-0.25, -0.2) is 16.8 Å². The molecule has 1 aliphatic rings. The Balaban J connectivity index is 1.67. The van der Waals surface area contributed by atoms with Gasteiger partial charge >= 0.3 is 0 Å². The number of aliphatic imine (C=N–C) groups is 1. The quantitative estimate of drug-likeness (QED) is 0.548. The van der Waals surface area contributed by atoms with Crippen molar-refractivity contribution in [1.29, 1.82) is 0 Å². The molecule has 0 fully saturated rings. The van der Waals surface area contributed by atoms with Gasteiger partial charge in [0.05, 0.1) is 10.6 Å². The predicted molar refractivity (Wildman–Crippen MR) is 104 cm³/mol. The normalized spacial score (nSPS) is 16.7. The van der Waals surface area contributed by atoms with Gasteiger partial charge in [-0.05, 0) is 25.0 Å². The zero-order valence-electron chi connectivity index (χ0n) is 15.3. The van der Waals surface area contributed by atoms with Crippen molar-refractivity contribution < 1.29 is 21.6 Å². The maximum Gasteiger partial charge on any atom is 0.263 e. The Morgan fingerprint density at radius 3 is 2.67 bits per heavy atom. The van der Waals surface area contributed by atoms with Crippen LogP contribution in [0.15, 0.2) is 34.2 Å². The van der Waals surface area contributed by atoms with E-state index in [1.807, 2.05) is 0 Å². The van der Waals surface area contributed by atoms with Gasteiger partial charge in [-0.15, -0.1) is 0 Å². The van der Waals surface area contributed by atoms with Gasteiger partial charge < -0.3 is 5.32 Å². The van der Waals surface area contributed by atoms with Crippen molar-refractivity contribution in [3.8, 4) is 0 Å². The first kappa shape index (κ1) is 21.4. The van der Waals surface area contributed by atoms with Crippen LogP contribution < -0.4 is 10.0 Å². The molecule has 0 unspecified atom stereocenters. The summed E-state index contributed by atoms with van der Waals surface area (Å²) in [6.07, 6.45) is 2.49. The molecular weight excluding hydrogens is 390 g/mol. The standard InChI is InChI=1S/C17H25N3O5S2/c1-2-26(22,23)13-12-18-16(21)10-4-3-7-11-19-17-14-8-5-6-9-15(14)27(24,25)20-17/h5-6,8-9H,2-4,7,10-13H2,1H3,(H,18,21)(H,19,20). The number of nitrogens with one attached hydrogen (secondary N) is 2. The summed E-state index contributed by atoms with van der Waals surface area (Å²) in [6, 6.07) is 6.70. The first-order chi connectivity index (χ1) is 12.7. The van der Waals surface area contributed by atoms with Crippen molar-refractivity contribution in [1.82, 2.24) is 10.0 Å². The zero-order valence-corrected chi connectivity index (χ0v) is 16.9. The molecule has 8 nitrogen and oxygen atoms in total. The molecule has 27 heavy (non-hydrogen) atoms. The molecule has 0 spiro atoms. The fourth-order valence-corrected chi connectivity index (χ4v) is 4.55. The van der Waals surface area contributed by atoms with E-state index in [-0.39, 0.29) is 28.9 Å². The Hall–Kier alpha value is -1.94. The summed E-state index contributed by atoms with van der Waals surface area (Å²) >= 11 is 0. The lowest BCUT2D eigenvalue weighted by molar-refractivity contribution is -0.121. The third-order valence-electron chi connectivity index (χ3n) is 4.17. The van der Waals surface area contributed by atoms with Gasteiger partial charge in [0, 0.05) is 30.8 Å². The lowest BCUT2D eigenvalue weighted by Gasteiger charge is -2.05. The molecule has 2 rings (SSSR count). The Morgan fingerprint density at radius 2 is 1.93 bits per heavy atom. The Labute approximate surface area is 160 Å². The number of hydrogen-bond acceptors (Lipinski definition) is 6. The van der Waals surface area contributed by atoms with Crippen LogP contribution in [-0.2, 0) is 24.7 Å². The van der Waals surface area contributed by atoms with Gasteiger partial charge in [0.2, 0.25) is 5.91 Å². The van der Waals surface area contributed by atoms with Crippen LogP contribution in [0, 0.1) is 0 Å². The van der Waals surface area contributed by atoms with Crippen LogP contribution in [0.4, 0.5) is 0 Å². The average Bonchev–Trinajstić information content (AvgIpc) is 2.89. The summed E-state index contributed by atoms with van der Waals surface area (Å²) in [5.74, 6) is 0.237. The molecule has 1 aromatic carbocycles. The number of fused-ring (bicyclic) bond motifs is 1. The van der Waals surface area contributed by atoms with E-state index in [0.29, 0.717) is 30.8 Å². The molecule has 0 radical (unpaired) electrons. The van der Waals surface area contributed by atoms with Crippen molar-refractivity contribution in [2.24, 2.45) is 4.99 Å². The zero-order chi connectivity index (χ0) is 19.9. The summed E-state index contributed by atoms with van der Waals surface area (Å²) in [5, 5.41) is 2.61. The minimum Gasteiger partial charge on any atom is -0.355 e. The first-order valence-electron chi connectivity index (χ1n) is 8.89. The molecule has 150 valence electrons. The minimum absolute atomic E-state index is 0.0376. The smallest absolute Gasteiger partial charge is 0.263 e. The van der Waals surface area contributed by atoms with Crippen LogP contribution in [-0.4, -0.2) is 53.2 Å². The van der Waals surface area contributed by atoms with Crippen molar-refractivity contribution in [3.05, 3.63) is 29.8 Å². The van der Waals surface area contributed by atoms with E-state index < -0.39 is 19.9 Å². The van der Waals surface area contributed by atoms with Crippen LogP contribution in [0.25, 0.3) is 0 Å². The van der Waals surface area contributed by atoms with Gasteiger partial charge in [0.25, 0.3) is 10.0 Å². The highest BCUT2D eigenvalue weighted by atomic mass is 32.2. The SMILES string of the molecule is CCS(=O)(=O)CCNC(=O)CCCCCN=C1NS(=O)(=O)c2ccccc21. The summed E-state index contributed by atoms with van der Waals surface area (Å²) in [6.45, 7) is 2.18. The summed E-state index contributed by atoms with van der Waals surface area (Å²) in [5.41, 5.74) is 0.582. The number of sulfonamides is 1. The van der Waals surface area contributed by atoms with Gasteiger partial charge in [0.15, 0.2) is 9.84 Å². The van der Waals surface area contributed by atoms with Crippen molar-refractivity contribution in [2.75, 3.05) is 24.6 Å². The topological polar surface area (TPSA) is 122 Å². The van der Waals surface area contributed by atoms with Crippen LogP contribution in [0.1, 0.15) is 38.2 Å². The largest absolute Gasteiger partial charge is 0.355 e. The second-order valence-corrected chi connectivity index (χ2v) is 10.4. The third-order valence-corrected chi connectivity index (χ3v) is 7.27. The van der Waals surface area contributed by atoms with Crippen LogP contribution >= 0.6 is 0 Å². The van der Waals surface area contributed by atoms with Crippen LogP contribution in [0.5, 0.6) is 0 Å². The minimum atomic E-state index is -3.51. The monoisotopic (exact) mass is 415 g/mol. The maximum atomic E-state index is 12.0. The number of sulfone groups is 1. The number of unbranched alkanes of at least 4 members (excludes halogenated alkanes) is 2. The second kappa shape index (κ2) is 9.32. The number of benzene rings is 1. The van der Waals surface area contributed by atoms with E-state index in [9.17, 15) is 21.6 Å². The van der Waals surface area contributed by atoms with Gasteiger partial charge in [0.1, 0.15) is 5.84 Å². The molecule has 1 heterocycles. The van der Waals surface area contributed by atoms with E-state index in [0.717, 1.165) is 12.8 Å². The van der Waals surface area contributed by atoms with Crippen LogP contribution in [0.2, 0.25) is 0 Å². The first-order valence-corrected chi connectivity index (χ1v) is 12.2. The number of hydrogen-bond donors (Lipinski definition) is 2. The summed E-state index contributed by atoms with van der Waals surface area (Å²) in [4.78, 5) is 16.2. The number of rotatable bonds is 10. The molecule has 1 aromatic rings. The Bertz CT molecular complexity index is 908. The molecule has 0 saturated heterocycles. The van der Waals surface area contributed by atoms with Gasteiger partial charge in [-0.3, -0.25) is 14.5 Å². The molecule has 1 amide bonds. The molecule has 0 aliphatic carbocycles. The summed E-state index contributed by atoms with van der Waals surface area (Å²) < 4.78 is 49.1. The average molecular weight is 416 g/mol. The lowest BCUT2D eigenvalue weighted by Crippen LogP contribution is -2.29. The van der Waals surface area contributed by atoms with E-state index in [2.05, 4.69) is 15.0 Å². The van der Waals surface area contributed by atoms with Gasteiger partial charge in [-0.2, -0.15) is 0 Å². The summed E-state index contributed by atoms with van der Waals surface area (Å²) in [7, 11) is -6.57. The number of amidine groups is 1. The number of carbonyl (C=O) groups is 1. The van der Waals surface area contributed by atoms with Gasteiger partial charge in [-0.1, -0.05) is 25.5 Å². The highest BCUT2D eigenvalue weighted by Crippen LogP contribution is 2.22. The Morgan fingerprint density at radius 1 is 1.19 bits per heavy atom. The van der Waals surface area contributed by atoms with E-state index in [4.69, 9.17) is 0 Å². The third kappa shape index (κ3) is 6.31. The second-order valence-electron chi connectivity index (χ2n) is 6.23. The highest BCUT2D eigenvalue weighted by molar-refractivity contribution is 7.91. The van der Waals surface area contributed by atoms with Crippen LogP contribution in [0.3, 0.4) is 0 Å². The molecule has 2 N–H and O–H groups in total. The van der Waals surface area contributed by atoms with Crippen molar-refractivity contribution in [2.45, 2.75) is 37.5 Å². The maximum absolute atomic E-state index is 12.0. The lowest BCUT2D eigenvalue weighted by atomic mass is 10.2. The molecular formula is C17H25N3O5S2. The molecule has 0 aromatic heterocycles. The van der Waals surface area contributed by atoms with E-state index >= 15 is 0 Å². The predicted octanol–water partition coefficient (Wildman–Crippen LogP) is 0.836. The van der Waals surface area contributed by atoms with E-state index in [1.54, 1.807) is 31.2 Å². The van der Waals surface area contributed by atoms with Crippen molar-refractivity contribution in [3.63, 3.8) is 0 Å². The van der Waals surface area contributed by atoms with Crippen molar-refractivity contribution >= 4 is 31.6 Å². The molecule has 0 saturated carbocycles. The molecule has 1 aliphatic heterocycles. The molecule has 0 atom stereocenters. The Kier molecular flexibility index (Phi) is 7.37. The van der Waals surface area contributed by atoms with E-state index in [1.165, 1.54) is 0 Å². The fourth-order valence-electron chi connectivity index (χ4n) is 2.59. The molecule has 10 heteroatoms. The molecule has 0 bridgehead atoms. The number of amides is 1. The fraction of sp³-hybridized carbons (Fsp3) is 0.529.